The first-order valence-electron chi connectivity index (χ1n) is 9.02. The fourth-order valence-corrected chi connectivity index (χ4v) is 3.18. The number of ether oxygens (including phenoxy) is 2. The van der Waals surface area contributed by atoms with Gasteiger partial charge in [0.25, 0.3) is 17.5 Å². The predicted molar refractivity (Wildman–Crippen MR) is 109 cm³/mol. The number of carbonyl (C=O) groups is 3. The Morgan fingerprint density at radius 2 is 1.58 bits per heavy atom. The Labute approximate surface area is 175 Å². The molecule has 0 N–H and O–H groups in total. The van der Waals surface area contributed by atoms with Crippen LogP contribution in [0.4, 0.5) is 11.4 Å². The minimum atomic E-state index is -0.586. The second-order valence-electron chi connectivity index (χ2n) is 6.55. The van der Waals surface area contributed by atoms with Crippen LogP contribution in [0.25, 0.3) is 0 Å². The highest BCUT2D eigenvalue weighted by Crippen LogP contribution is 2.33. The molecule has 0 radical (unpaired) electrons. The summed E-state index contributed by atoms with van der Waals surface area (Å²) in [5.74, 6) is -1.04. The third-order valence-electron chi connectivity index (χ3n) is 4.67. The van der Waals surface area contributed by atoms with Crippen molar-refractivity contribution < 1.29 is 28.8 Å². The molecule has 3 aromatic carbocycles. The normalized spacial score (nSPS) is 12.5. The maximum atomic E-state index is 12.9. The van der Waals surface area contributed by atoms with Gasteiger partial charge < -0.3 is 9.47 Å². The van der Waals surface area contributed by atoms with Gasteiger partial charge in [-0.1, -0.05) is 6.07 Å². The SMILES string of the molecule is COC(=O)c1cccc(N2C(=O)c3ccc(Oc4ccc([N+](=O)[O-])cc4)cc3C2=O)c1. The molecule has 31 heavy (non-hydrogen) atoms. The van der Waals surface area contributed by atoms with E-state index in [9.17, 15) is 24.5 Å². The number of anilines is 1. The first-order valence-corrected chi connectivity index (χ1v) is 9.02. The standard InChI is InChI=1S/C22H14N2O7/c1-30-22(27)13-3-2-4-15(11-13)23-20(25)18-10-9-17(12-19(18)21(23)26)31-16-7-5-14(6-8-16)24(28)29/h2-12H,1H3. The molecule has 9 heteroatoms. The van der Waals surface area contributed by atoms with Crippen LogP contribution >= 0.6 is 0 Å². The number of carbonyl (C=O) groups excluding carboxylic acids is 3. The van der Waals surface area contributed by atoms with Gasteiger partial charge in [-0.25, -0.2) is 9.69 Å². The topological polar surface area (TPSA) is 116 Å². The van der Waals surface area contributed by atoms with Crippen LogP contribution in [0, 0.1) is 10.1 Å². The molecule has 1 aliphatic heterocycles. The number of non-ortho nitro benzene ring substituents is 1. The van der Waals surface area contributed by atoms with Crippen molar-refractivity contribution in [2.45, 2.75) is 0 Å². The number of nitrogens with zero attached hydrogens (tertiary/aromatic N) is 2. The van der Waals surface area contributed by atoms with Crippen molar-refractivity contribution in [3.63, 3.8) is 0 Å². The smallest absolute Gasteiger partial charge is 0.337 e. The predicted octanol–water partition coefficient (Wildman–Crippen LogP) is 3.97. The number of hydrogen-bond acceptors (Lipinski definition) is 7. The largest absolute Gasteiger partial charge is 0.465 e. The van der Waals surface area contributed by atoms with Gasteiger partial charge in [-0.2, -0.15) is 0 Å². The van der Waals surface area contributed by atoms with Crippen LogP contribution in [-0.4, -0.2) is 29.8 Å². The summed E-state index contributed by atoms with van der Waals surface area (Å²) in [7, 11) is 1.24. The maximum Gasteiger partial charge on any atom is 0.337 e. The van der Waals surface area contributed by atoms with Gasteiger partial charge in [-0.05, 0) is 48.5 Å². The molecule has 0 aliphatic carbocycles. The van der Waals surface area contributed by atoms with Crippen molar-refractivity contribution in [2.75, 3.05) is 12.0 Å². The van der Waals surface area contributed by atoms with Gasteiger partial charge in [0.2, 0.25) is 0 Å². The summed E-state index contributed by atoms with van der Waals surface area (Å²) < 4.78 is 10.3. The van der Waals surface area contributed by atoms with Crippen LogP contribution in [0.3, 0.4) is 0 Å². The Kier molecular flexibility index (Phi) is 4.92. The van der Waals surface area contributed by atoms with Crippen molar-refractivity contribution in [2.24, 2.45) is 0 Å². The van der Waals surface area contributed by atoms with Crippen molar-refractivity contribution in [1.82, 2.24) is 0 Å². The molecule has 0 bridgehead atoms. The molecule has 0 fully saturated rings. The molecular formula is C22H14N2O7. The molecule has 1 aliphatic rings. The van der Waals surface area contributed by atoms with Gasteiger partial charge in [-0.3, -0.25) is 19.7 Å². The van der Waals surface area contributed by atoms with E-state index in [4.69, 9.17) is 4.74 Å². The van der Waals surface area contributed by atoms with Crippen LogP contribution in [0.2, 0.25) is 0 Å². The summed E-state index contributed by atoms with van der Waals surface area (Å²) in [5, 5.41) is 10.8. The molecule has 0 saturated heterocycles. The fraction of sp³-hybridized carbons (Fsp3) is 0.0455. The molecule has 0 saturated carbocycles. The highest BCUT2D eigenvalue weighted by atomic mass is 16.6. The van der Waals surface area contributed by atoms with E-state index in [0.717, 1.165) is 4.90 Å². The van der Waals surface area contributed by atoms with E-state index in [2.05, 4.69) is 4.74 Å². The number of imide groups is 1. The number of amides is 2. The van der Waals surface area contributed by atoms with Crippen molar-refractivity contribution >= 4 is 29.2 Å². The summed E-state index contributed by atoms with van der Waals surface area (Å²) in [6, 6.07) is 15.9. The lowest BCUT2D eigenvalue weighted by atomic mass is 10.1. The lowest BCUT2D eigenvalue weighted by Crippen LogP contribution is -2.29. The Morgan fingerprint density at radius 1 is 0.903 bits per heavy atom. The van der Waals surface area contributed by atoms with Gasteiger partial charge in [0.05, 0.1) is 34.4 Å². The number of nitro benzene ring substituents is 1. The Morgan fingerprint density at radius 3 is 2.26 bits per heavy atom. The third kappa shape index (κ3) is 3.60. The van der Waals surface area contributed by atoms with E-state index in [0.29, 0.717) is 11.5 Å². The Balaban J connectivity index is 1.62. The lowest BCUT2D eigenvalue weighted by molar-refractivity contribution is -0.384. The molecule has 3 aromatic rings. The second kappa shape index (κ2) is 7.71. The van der Waals surface area contributed by atoms with E-state index in [-0.39, 0.29) is 28.1 Å². The quantitative estimate of drug-likeness (QED) is 0.266. The zero-order chi connectivity index (χ0) is 22.1. The van der Waals surface area contributed by atoms with Crippen molar-refractivity contribution in [3.05, 3.63) is 93.5 Å². The minimum absolute atomic E-state index is 0.0769. The van der Waals surface area contributed by atoms with E-state index < -0.39 is 22.7 Å². The fourth-order valence-electron chi connectivity index (χ4n) is 3.18. The zero-order valence-electron chi connectivity index (χ0n) is 16.1. The number of hydrogen-bond donors (Lipinski definition) is 0. The molecular weight excluding hydrogens is 404 g/mol. The van der Waals surface area contributed by atoms with Crippen LogP contribution in [0.5, 0.6) is 11.5 Å². The highest BCUT2D eigenvalue weighted by molar-refractivity contribution is 6.34. The number of fused-ring (bicyclic) bond motifs is 1. The lowest BCUT2D eigenvalue weighted by Gasteiger charge is -2.14. The highest BCUT2D eigenvalue weighted by Gasteiger charge is 2.37. The third-order valence-corrected chi connectivity index (χ3v) is 4.67. The second-order valence-corrected chi connectivity index (χ2v) is 6.55. The van der Waals surface area contributed by atoms with Crippen LogP contribution in [0.1, 0.15) is 31.1 Å². The van der Waals surface area contributed by atoms with Gasteiger partial charge in [0, 0.05) is 12.1 Å². The van der Waals surface area contributed by atoms with Crippen LogP contribution in [-0.2, 0) is 4.74 Å². The maximum absolute atomic E-state index is 12.9. The number of benzene rings is 3. The molecule has 9 nitrogen and oxygen atoms in total. The molecule has 0 atom stereocenters. The van der Waals surface area contributed by atoms with Crippen molar-refractivity contribution in [1.29, 1.82) is 0 Å². The minimum Gasteiger partial charge on any atom is -0.465 e. The summed E-state index contributed by atoms with van der Waals surface area (Å²) in [4.78, 5) is 48.7. The Hall–Kier alpha value is -4.53. The molecule has 2 amide bonds. The zero-order valence-corrected chi connectivity index (χ0v) is 16.1. The van der Waals surface area contributed by atoms with Gasteiger partial charge in [-0.15, -0.1) is 0 Å². The van der Waals surface area contributed by atoms with Crippen LogP contribution < -0.4 is 9.64 Å². The van der Waals surface area contributed by atoms with E-state index in [1.165, 1.54) is 61.7 Å². The number of nitro groups is 1. The first kappa shape index (κ1) is 19.8. The summed E-state index contributed by atoms with van der Waals surface area (Å²) in [6.45, 7) is 0. The van der Waals surface area contributed by atoms with E-state index in [1.807, 2.05) is 0 Å². The first-order chi connectivity index (χ1) is 14.9. The average Bonchev–Trinajstić information content (AvgIpc) is 3.03. The number of rotatable bonds is 5. The van der Waals surface area contributed by atoms with E-state index >= 15 is 0 Å². The number of esters is 1. The molecule has 0 aromatic heterocycles. The molecule has 0 spiro atoms. The summed E-state index contributed by atoms with van der Waals surface area (Å²) >= 11 is 0. The van der Waals surface area contributed by atoms with Gasteiger partial charge in [0.1, 0.15) is 11.5 Å². The van der Waals surface area contributed by atoms with Gasteiger partial charge in [0.15, 0.2) is 0 Å². The molecule has 4 rings (SSSR count). The van der Waals surface area contributed by atoms with Crippen molar-refractivity contribution in [3.8, 4) is 11.5 Å². The van der Waals surface area contributed by atoms with Gasteiger partial charge >= 0.3 is 5.97 Å². The van der Waals surface area contributed by atoms with Crippen LogP contribution in [0.15, 0.2) is 66.7 Å². The van der Waals surface area contributed by atoms with E-state index in [1.54, 1.807) is 12.1 Å². The average molecular weight is 418 g/mol. The molecule has 154 valence electrons. The molecule has 0 unspecified atom stereocenters. The molecule has 1 heterocycles. The summed E-state index contributed by atoms with van der Waals surface area (Å²) in [6.07, 6.45) is 0. The number of methoxy groups -OCH3 is 1. The monoisotopic (exact) mass is 418 g/mol. The Bertz CT molecular complexity index is 1230. The summed E-state index contributed by atoms with van der Waals surface area (Å²) in [5.41, 5.74) is 0.718.